The van der Waals surface area contributed by atoms with E-state index in [4.69, 9.17) is 0 Å². The Morgan fingerprint density at radius 3 is 2.64 bits per heavy atom. The lowest BCUT2D eigenvalue weighted by molar-refractivity contribution is -0.111. The molecule has 1 N–H and O–H groups in total. The minimum Gasteiger partial charge on any atom is -0.358 e. The summed E-state index contributed by atoms with van der Waals surface area (Å²) in [6, 6.07) is 10.1. The number of aromatic amines is 1. The van der Waals surface area contributed by atoms with Gasteiger partial charge in [-0.2, -0.15) is 0 Å². The van der Waals surface area contributed by atoms with Crippen LogP contribution in [0.3, 0.4) is 0 Å². The number of benzene rings is 1. The first-order chi connectivity index (χ1) is 6.63. The highest BCUT2D eigenvalue weighted by Gasteiger charge is 2.21. The number of carbonyl (C=O) groups is 1. The fraction of sp³-hybridized carbons (Fsp3) is 0.250. The summed E-state index contributed by atoms with van der Waals surface area (Å²) >= 11 is 0. The van der Waals surface area contributed by atoms with Gasteiger partial charge in [-0.15, -0.1) is 0 Å². The molecule has 1 heterocycles. The predicted octanol–water partition coefficient (Wildman–Crippen LogP) is 2.64. The number of aldehydes is 1. The van der Waals surface area contributed by atoms with Crippen LogP contribution in [-0.2, 0) is 10.2 Å². The molecule has 2 rings (SSSR count). The number of para-hydroxylation sites is 1. The zero-order valence-corrected chi connectivity index (χ0v) is 8.37. The molecule has 0 atom stereocenters. The zero-order chi connectivity index (χ0) is 10.2. The Kier molecular flexibility index (Phi) is 1.92. The van der Waals surface area contributed by atoms with Crippen LogP contribution in [0.4, 0.5) is 0 Å². The van der Waals surface area contributed by atoms with Crippen LogP contribution < -0.4 is 0 Å². The van der Waals surface area contributed by atoms with Crippen molar-refractivity contribution in [2.45, 2.75) is 19.3 Å². The van der Waals surface area contributed by atoms with Gasteiger partial charge in [-0.05, 0) is 31.4 Å². The lowest BCUT2D eigenvalue weighted by Crippen LogP contribution is -2.18. The number of hydrogen-bond acceptors (Lipinski definition) is 1. The molecule has 14 heavy (non-hydrogen) atoms. The molecule has 2 heteroatoms. The quantitative estimate of drug-likeness (QED) is 0.720. The molecule has 0 unspecified atom stereocenters. The van der Waals surface area contributed by atoms with Crippen LogP contribution in [0.1, 0.15) is 19.5 Å². The van der Waals surface area contributed by atoms with Gasteiger partial charge in [0.2, 0.25) is 0 Å². The lowest BCUT2D eigenvalue weighted by atomic mass is 9.91. The Morgan fingerprint density at radius 1 is 1.29 bits per heavy atom. The van der Waals surface area contributed by atoms with Crippen LogP contribution in [0.25, 0.3) is 10.9 Å². The number of aromatic nitrogens is 1. The summed E-state index contributed by atoms with van der Waals surface area (Å²) in [6.07, 6.45) is 0.970. The smallest absolute Gasteiger partial charge is 0.131 e. The molecule has 0 amide bonds. The van der Waals surface area contributed by atoms with Gasteiger partial charge in [0, 0.05) is 11.2 Å². The van der Waals surface area contributed by atoms with Crippen molar-refractivity contribution in [3.63, 3.8) is 0 Å². The van der Waals surface area contributed by atoms with Crippen molar-refractivity contribution in [1.29, 1.82) is 0 Å². The van der Waals surface area contributed by atoms with Gasteiger partial charge < -0.3 is 9.78 Å². The number of hydrogen-bond donors (Lipinski definition) is 1. The molecule has 0 aliphatic carbocycles. The molecule has 0 radical (unpaired) electrons. The topological polar surface area (TPSA) is 32.9 Å². The second-order valence-electron chi connectivity index (χ2n) is 4.11. The van der Waals surface area contributed by atoms with Crippen LogP contribution >= 0.6 is 0 Å². The van der Waals surface area contributed by atoms with Crippen LogP contribution in [0, 0.1) is 0 Å². The van der Waals surface area contributed by atoms with E-state index in [9.17, 15) is 4.79 Å². The van der Waals surface area contributed by atoms with E-state index in [-0.39, 0.29) is 0 Å². The molecule has 1 aromatic carbocycles. The SMILES string of the molecule is CC(C)(C=O)c1cc2ccccc2[nH]1. The maximum Gasteiger partial charge on any atom is 0.131 e. The Morgan fingerprint density at radius 2 is 2.00 bits per heavy atom. The third kappa shape index (κ3) is 1.33. The summed E-state index contributed by atoms with van der Waals surface area (Å²) in [5, 5.41) is 1.15. The molecule has 72 valence electrons. The second kappa shape index (κ2) is 2.98. The highest BCUT2D eigenvalue weighted by molar-refractivity contribution is 5.82. The zero-order valence-electron chi connectivity index (χ0n) is 8.37. The van der Waals surface area contributed by atoms with Crippen molar-refractivity contribution in [3.8, 4) is 0 Å². The molecule has 2 nitrogen and oxygen atoms in total. The Balaban J connectivity index is 2.60. The van der Waals surface area contributed by atoms with E-state index in [1.807, 2.05) is 44.2 Å². The molecule has 0 saturated heterocycles. The molecule has 0 aliphatic rings. The van der Waals surface area contributed by atoms with Crippen molar-refractivity contribution >= 4 is 17.2 Å². The van der Waals surface area contributed by atoms with Crippen LogP contribution in [0.5, 0.6) is 0 Å². The summed E-state index contributed by atoms with van der Waals surface area (Å²) in [6.45, 7) is 3.81. The minimum atomic E-state index is -0.432. The van der Waals surface area contributed by atoms with E-state index in [0.29, 0.717) is 0 Å². The van der Waals surface area contributed by atoms with E-state index in [2.05, 4.69) is 4.98 Å². The van der Waals surface area contributed by atoms with Crippen LogP contribution in [0.2, 0.25) is 0 Å². The molecular weight excluding hydrogens is 174 g/mol. The van der Waals surface area contributed by atoms with Crippen molar-refractivity contribution in [2.75, 3.05) is 0 Å². The van der Waals surface area contributed by atoms with E-state index in [0.717, 1.165) is 22.9 Å². The van der Waals surface area contributed by atoms with Crippen LogP contribution in [-0.4, -0.2) is 11.3 Å². The largest absolute Gasteiger partial charge is 0.358 e. The summed E-state index contributed by atoms with van der Waals surface area (Å²) in [5.41, 5.74) is 1.62. The summed E-state index contributed by atoms with van der Waals surface area (Å²) in [4.78, 5) is 14.1. The van der Waals surface area contributed by atoms with E-state index in [1.165, 1.54) is 0 Å². The van der Waals surface area contributed by atoms with Crippen LogP contribution in [0.15, 0.2) is 30.3 Å². The first-order valence-electron chi connectivity index (χ1n) is 4.68. The fourth-order valence-corrected chi connectivity index (χ4v) is 1.48. The predicted molar refractivity (Wildman–Crippen MR) is 57.4 cm³/mol. The number of rotatable bonds is 2. The van der Waals surface area contributed by atoms with Crippen molar-refractivity contribution in [1.82, 2.24) is 4.98 Å². The van der Waals surface area contributed by atoms with Gasteiger partial charge in [-0.3, -0.25) is 0 Å². The average Bonchev–Trinajstić information content (AvgIpc) is 2.61. The third-order valence-corrected chi connectivity index (χ3v) is 2.52. The Bertz CT molecular complexity index is 435. The van der Waals surface area contributed by atoms with Gasteiger partial charge in [-0.25, -0.2) is 0 Å². The Labute approximate surface area is 82.9 Å². The number of H-pyrrole nitrogens is 1. The highest BCUT2D eigenvalue weighted by Crippen LogP contribution is 2.24. The molecule has 0 saturated carbocycles. The Hall–Kier alpha value is -1.57. The van der Waals surface area contributed by atoms with Gasteiger partial charge in [0.05, 0.1) is 5.41 Å². The van der Waals surface area contributed by atoms with E-state index in [1.54, 1.807) is 0 Å². The second-order valence-corrected chi connectivity index (χ2v) is 4.11. The average molecular weight is 187 g/mol. The first kappa shape index (κ1) is 9.00. The molecule has 2 aromatic rings. The van der Waals surface area contributed by atoms with E-state index < -0.39 is 5.41 Å². The van der Waals surface area contributed by atoms with Crippen molar-refractivity contribution in [2.24, 2.45) is 0 Å². The number of carbonyl (C=O) groups excluding carboxylic acids is 1. The maximum atomic E-state index is 10.9. The van der Waals surface area contributed by atoms with E-state index >= 15 is 0 Å². The van der Waals surface area contributed by atoms with Gasteiger partial charge in [0.25, 0.3) is 0 Å². The van der Waals surface area contributed by atoms with Crippen molar-refractivity contribution in [3.05, 3.63) is 36.0 Å². The van der Waals surface area contributed by atoms with Gasteiger partial charge in [0.1, 0.15) is 6.29 Å². The van der Waals surface area contributed by atoms with Crippen molar-refractivity contribution < 1.29 is 4.79 Å². The summed E-state index contributed by atoms with van der Waals surface area (Å²) < 4.78 is 0. The molecule has 0 spiro atoms. The number of fused-ring (bicyclic) bond motifs is 1. The number of nitrogens with one attached hydrogen (secondary N) is 1. The summed E-state index contributed by atoms with van der Waals surface area (Å²) in [5.74, 6) is 0. The first-order valence-corrected chi connectivity index (χ1v) is 4.68. The third-order valence-electron chi connectivity index (χ3n) is 2.52. The minimum absolute atomic E-state index is 0.432. The molecule has 0 fully saturated rings. The van der Waals surface area contributed by atoms with Gasteiger partial charge in [0.15, 0.2) is 0 Å². The summed E-state index contributed by atoms with van der Waals surface area (Å²) in [7, 11) is 0. The molecule has 1 aromatic heterocycles. The lowest BCUT2D eigenvalue weighted by Gasteiger charge is -2.13. The normalized spacial score (nSPS) is 11.9. The monoisotopic (exact) mass is 187 g/mol. The standard InChI is InChI=1S/C12H13NO/c1-12(2,8-14)11-7-9-5-3-4-6-10(9)13-11/h3-8,13H,1-2H3. The van der Waals surface area contributed by atoms with Gasteiger partial charge >= 0.3 is 0 Å². The molecule has 0 aliphatic heterocycles. The molecule has 0 bridgehead atoms. The highest BCUT2D eigenvalue weighted by atomic mass is 16.1. The molecular formula is C12H13NO. The van der Waals surface area contributed by atoms with Gasteiger partial charge in [-0.1, -0.05) is 18.2 Å². The maximum absolute atomic E-state index is 10.9. The fourth-order valence-electron chi connectivity index (χ4n) is 1.48.